The predicted molar refractivity (Wildman–Crippen MR) is 168 cm³/mol. The molecule has 216 valence electrons. The zero-order valence-electron chi connectivity index (χ0n) is 24.9. The van der Waals surface area contributed by atoms with E-state index in [1.807, 2.05) is 12.1 Å². The van der Waals surface area contributed by atoms with Gasteiger partial charge in [-0.05, 0) is 65.8 Å². The van der Waals surface area contributed by atoms with E-state index in [4.69, 9.17) is 11.6 Å². The van der Waals surface area contributed by atoms with Crippen LogP contribution in [0.15, 0.2) is 48.5 Å². The van der Waals surface area contributed by atoms with Crippen molar-refractivity contribution >= 4 is 11.6 Å². The Morgan fingerprint density at radius 2 is 1.31 bits per heavy atom. The maximum atomic E-state index is 15.7. The van der Waals surface area contributed by atoms with E-state index in [2.05, 4.69) is 50.2 Å². The fourth-order valence-corrected chi connectivity index (χ4v) is 7.78. The molecule has 39 heavy (non-hydrogen) atoms. The number of hydrogen-bond acceptors (Lipinski definition) is 0. The third-order valence-corrected chi connectivity index (χ3v) is 10.5. The van der Waals surface area contributed by atoms with Gasteiger partial charge in [-0.15, -0.1) is 0 Å². The van der Waals surface area contributed by atoms with Crippen molar-refractivity contribution in [2.45, 2.75) is 141 Å². The van der Waals surface area contributed by atoms with Gasteiger partial charge in [0.1, 0.15) is 6.17 Å². The number of hydrogen-bond donors (Lipinski definition) is 0. The summed E-state index contributed by atoms with van der Waals surface area (Å²) in [7, 11) is 0. The number of rotatable bonds is 14. The van der Waals surface area contributed by atoms with Gasteiger partial charge in [-0.2, -0.15) is 0 Å². The van der Waals surface area contributed by atoms with E-state index in [9.17, 15) is 0 Å². The molecular formula is C37H54ClF. The van der Waals surface area contributed by atoms with Crippen molar-refractivity contribution in [2.24, 2.45) is 17.8 Å². The molecule has 2 aliphatic rings. The van der Waals surface area contributed by atoms with Gasteiger partial charge in [0.25, 0.3) is 0 Å². The molecule has 0 aromatic heterocycles. The topological polar surface area (TPSA) is 0 Å². The summed E-state index contributed by atoms with van der Waals surface area (Å²) in [5, 5.41) is 0.762. The summed E-state index contributed by atoms with van der Waals surface area (Å²) < 4.78 is 15.7. The minimum absolute atomic E-state index is 0.0364. The van der Waals surface area contributed by atoms with Crippen LogP contribution in [0.2, 0.25) is 5.02 Å². The van der Waals surface area contributed by atoms with Gasteiger partial charge in [0.2, 0.25) is 0 Å². The van der Waals surface area contributed by atoms with Crippen LogP contribution in [0.1, 0.15) is 152 Å². The second-order valence-corrected chi connectivity index (χ2v) is 13.5. The molecule has 0 radical (unpaired) electrons. The molecule has 0 nitrogen and oxygen atoms in total. The number of benzene rings is 2. The minimum atomic E-state index is -0.722. The molecule has 2 aliphatic carbocycles. The van der Waals surface area contributed by atoms with Gasteiger partial charge in [0, 0.05) is 16.9 Å². The van der Waals surface area contributed by atoms with E-state index in [1.165, 1.54) is 113 Å². The van der Waals surface area contributed by atoms with Gasteiger partial charge in [0.15, 0.2) is 0 Å². The fraction of sp³-hybridized carbons (Fsp3) is 0.676. The van der Waals surface area contributed by atoms with Crippen LogP contribution < -0.4 is 0 Å². The van der Waals surface area contributed by atoms with E-state index < -0.39 is 6.17 Å². The first-order chi connectivity index (χ1) is 19.0. The van der Waals surface area contributed by atoms with Gasteiger partial charge in [0.05, 0.1) is 0 Å². The van der Waals surface area contributed by atoms with Gasteiger partial charge in [-0.3, -0.25) is 0 Å². The van der Waals surface area contributed by atoms with Crippen molar-refractivity contribution in [3.8, 4) is 0 Å². The molecule has 4 unspecified atom stereocenters. The zero-order valence-corrected chi connectivity index (χ0v) is 25.6. The lowest BCUT2D eigenvalue weighted by Crippen LogP contribution is -2.26. The van der Waals surface area contributed by atoms with Gasteiger partial charge >= 0.3 is 0 Å². The maximum Gasteiger partial charge on any atom is 0.107 e. The third kappa shape index (κ3) is 9.34. The average molecular weight is 553 g/mol. The highest BCUT2D eigenvalue weighted by Gasteiger charge is 2.34. The highest BCUT2D eigenvalue weighted by atomic mass is 35.5. The van der Waals surface area contributed by atoms with Crippen molar-refractivity contribution in [2.75, 3.05) is 0 Å². The van der Waals surface area contributed by atoms with E-state index in [1.54, 1.807) is 0 Å². The SMILES string of the molecule is CCCCCCCCC[C@H]1CC[C@H](CCC2CCC(c3ccccc3C(C)c3ccc(Cl)cc3)C(F)C2)CC1. The van der Waals surface area contributed by atoms with Gasteiger partial charge in [-0.25, -0.2) is 4.39 Å². The first-order valence-corrected chi connectivity index (χ1v) is 16.9. The molecule has 2 fully saturated rings. The highest BCUT2D eigenvalue weighted by molar-refractivity contribution is 6.30. The van der Waals surface area contributed by atoms with Crippen LogP contribution in [-0.2, 0) is 0 Å². The van der Waals surface area contributed by atoms with Crippen molar-refractivity contribution < 1.29 is 4.39 Å². The first-order valence-electron chi connectivity index (χ1n) is 16.5. The highest BCUT2D eigenvalue weighted by Crippen LogP contribution is 2.44. The maximum absolute atomic E-state index is 15.7. The Hall–Kier alpha value is -1.34. The van der Waals surface area contributed by atoms with E-state index in [0.29, 0.717) is 5.92 Å². The van der Waals surface area contributed by atoms with Crippen molar-refractivity contribution in [3.05, 3.63) is 70.2 Å². The van der Waals surface area contributed by atoms with Crippen molar-refractivity contribution in [1.29, 1.82) is 0 Å². The first kappa shape index (κ1) is 30.6. The molecule has 4 rings (SSSR count). The Morgan fingerprint density at radius 1 is 0.718 bits per heavy atom. The van der Waals surface area contributed by atoms with E-state index in [0.717, 1.165) is 29.7 Å². The lowest BCUT2D eigenvalue weighted by molar-refractivity contribution is 0.152. The summed E-state index contributed by atoms with van der Waals surface area (Å²) in [4.78, 5) is 0. The summed E-state index contributed by atoms with van der Waals surface area (Å²) in [5.74, 6) is 2.73. The van der Waals surface area contributed by atoms with Crippen LogP contribution in [0, 0.1) is 17.8 Å². The molecule has 0 saturated heterocycles. The summed E-state index contributed by atoms with van der Waals surface area (Å²) in [5.41, 5.74) is 3.75. The Balaban J connectivity index is 1.18. The van der Waals surface area contributed by atoms with Crippen LogP contribution in [-0.4, -0.2) is 6.17 Å². The molecule has 0 N–H and O–H groups in total. The molecule has 2 aromatic rings. The number of alkyl halides is 1. The van der Waals surface area contributed by atoms with E-state index >= 15 is 4.39 Å². The standard InChI is InChI=1S/C37H54ClF/c1-3-4-5-6-7-8-9-12-29-15-17-30(18-16-29)19-20-31-21-26-36(37(39)27-31)35-14-11-10-13-34(35)28(2)32-22-24-33(38)25-23-32/h10-11,13-14,22-25,28-31,36-37H,3-9,12,15-21,26-27H2,1-2H3/t28?,29-,30-,31?,36?,37?. The van der Waals surface area contributed by atoms with Crippen LogP contribution in [0.5, 0.6) is 0 Å². The van der Waals surface area contributed by atoms with Crippen LogP contribution >= 0.6 is 11.6 Å². The summed E-state index contributed by atoms with van der Waals surface area (Å²) >= 11 is 6.12. The second kappa shape index (κ2) is 16.2. The Labute approximate surface area is 244 Å². The Bertz CT molecular complexity index is 944. The van der Waals surface area contributed by atoms with Gasteiger partial charge in [-0.1, -0.05) is 152 Å². The largest absolute Gasteiger partial charge is 0.247 e. The smallest absolute Gasteiger partial charge is 0.107 e. The predicted octanol–water partition coefficient (Wildman–Crippen LogP) is 12.4. The summed E-state index contributed by atoms with van der Waals surface area (Å²) in [6.45, 7) is 4.54. The molecule has 0 bridgehead atoms. The molecule has 2 heteroatoms. The molecular weight excluding hydrogens is 499 g/mol. The van der Waals surface area contributed by atoms with Crippen LogP contribution in [0.25, 0.3) is 0 Å². The van der Waals surface area contributed by atoms with E-state index in [-0.39, 0.29) is 11.8 Å². The Morgan fingerprint density at radius 3 is 2.00 bits per heavy atom. The van der Waals surface area contributed by atoms with Crippen molar-refractivity contribution in [3.63, 3.8) is 0 Å². The monoisotopic (exact) mass is 552 g/mol. The normalized spacial score (nSPS) is 26.4. The Kier molecular flexibility index (Phi) is 12.7. The van der Waals surface area contributed by atoms with Gasteiger partial charge < -0.3 is 0 Å². The van der Waals surface area contributed by atoms with Crippen LogP contribution in [0.3, 0.4) is 0 Å². The number of halogens is 2. The molecule has 0 spiro atoms. The lowest BCUT2D eigenvalue weighted by Gasteiger charge is -2.35. The fourth-order valence-electron chi connectivity index (χ4n) is 7.65. The lowest BCUT2D eigenvalue weighted by atomic mass is 9.72. The molecule has 2 aromatic carbocycles. The van der Waals surface area contributed by atoms with Crippen molar-refractivity contribution in [1.82, 2.24) is 0 Å². The third-order valence-electron chi connectivity index (χ3n) is 10.3. The number of unbranched alkanes of at least 4 members (excludes halogenated alkanes) is 6. The molecule has 0 amide bonds. The minimum Gasteiger partial charge on any atom is -0.247 e. The van der Waals surface area contributed by atoms with Crippen LogP contribution in [0.4, 0.5) is 4.39 Å². The molecule has 4 atom stereocenters. The molecule has 2 saturated carbocycles. The quantitative estimate of drug-likeness (QED) is 0.204. The zero-order chi connectivity index (χ0) is 27.5. The summed E-state index contributed by atoms with van der Waals surface area (Å²) in [6, 6.07) is 16.7. The second-order valence-electron chi connectivity index (χ2n) is 13.1. The molecule has 0 heterocycles. The summed E-state index contributed by atoms with van der Waals surface area (Å²) in [6.07, 6.45) is 21.9. The average Bonchev–Trinajstić information content (AvgIpc) is 2.96. The molecule has 0 aliphatic heterocycles.